The highest BCUT2D eigenvalue weighted by atomic mass is 31.2. The minimum atomic E-state index is -2.15. The Morgan fingerprint density at radius 3 is 1.38 bits per heavy atom. The highest BCUT2D eigenvalue weighted by Crippen LogP contribution is 2.66. The molecule has 0 aromatic rings. The maximum Gasteiger partial charge on any atom is 0.0977 e. The van der Waals surface area contributed by atoms with Gasteiger partial charge < -0.3 is 4.57 Å². The molecule has 0 aromatic carbocycles. The Hall–Kier alpha value is 0.230. The average Bonchev–Trinajstić information content (AvgIpc) is 1.82. The summed E-state index contributed by atoms with van der Waals surface area (Å²) in [6.45, 7) is 16.3. The number of rotatable bonds is 2. The molecule has 0 rings (SSSR count). The van der Waals surface area contributed by atoms with Crippen LogP contribution < -0.4 is 0 Å². The van der Waals surface area contributed by atoms with E-state index in [2.05, 4.69) is 48.5 Å². The predicted molar refractivity (Wildman–Crippen MR) is 62.0 cm³/mol. The number of hydrogen-bond donors (Lipinski definition) is 0. The summed E-state index contributed by atoms with van der Waals surface area (Å²) in [5, 5.41) is -0.189. The van der Waals surface area contributed by atoms with Crippen LogP contribution in [0.25, 0.3) is 0 Å². The maximum atomic E-state index is 12.8. The van der Waals surface area contributed by atoms with Gasteiger partial charge in [-0.3, -0.25) is 0 Å². The minimum Gasteiger partial charge on any atom is -0.322 e. The van der Waals surface area contributed by atoms with Crippen LogP contribution in [-0.4, -0.2) is 16.5 Å². The minimum absolute atomic E-state index is 0.0943. The van der Waals surface area contributed by atoms with E-state index in [0.29, 0.717) is 0 Å². The van der Waals surface area contributed by atoms with E-state index in [0.717, 1.165) is 12.6 Å². The van der Waals surface area contributed by atoms with Crippen molar-refractivity contribution in [3.05, 3.63) is 6.92 Å². The summed E-state index contributed by atoms with van der Waals surface area (Å²) in [7, 11) is -2.15. The predicted octanol–water partition coefficient (Wildman–Crippen LogP) is 4.17. The molecule has 0 aliphatic carbocycles. The van der Waals surface area contributed by atoms with Crippen LogP contribution in [-0.2, 0) is 4.57 Å². The molecular formula is C11H24OP. The number of hydrogen-bond acceptors (Lipinski definition) is 1. The highest BCUT2D eigenvalue weighted by molar-refractivity contribution is 7.66. The molecule has 1 radical (unpaired) electrons. The van der Waals surface area contributed by atoms with Gasteiger partial charge in [0, 0.05) is 16.5 Å². The van der Waals surface area contributed by atoms with E-state index >= 15 is 0 Å². The molecule has 0 spiro atoms. The molecular weight excluding hydrogens is 179 g/mol. The fraction of sp³-hybridized carbons (Fsp3) is 0.909. The van der Waals surface area contributed by atoms with Crippen molar-refractivity contribution in [1.82, 2.24) is 0 Å². The molecule has 0 aliphatic heterocycles. The monoisotopic (exact) mass is 203 g/mol. The van der Waals surface area contributed by atoms with E-state index in [1.165, 1.54) is 0 Å². The Morgan fingerprint density at radius 2 is 1.31 bits per heavy atom. The Morgan fingerprint density at radius 1 is 1.00 bits per heavy atom. The average molecular weight is 203 g/mol. The molecule has 0 heterocycles. The van der Waals surface area contributed by atoms with Crippen LogP contribution in [0.4, 0.5) is 0 Å². The molecule has 0 N–H and O–H groups in total. The molecule has 0 unspecified atom stereocenters. The third-order valence-electron chi connectivity index (χ3n) is 2.64. The molecule has 0 saturated heterocycles. The first kappa shape index (κ1) is 13.2. The molecule has 0 fully saturated rings. The molecule has 0 bridgehead atoms. The van der Waals surface area contributed by atoms with Gasteiger partial charge in [0.25, 0.3) is 0 Å². The van der Waals surface area contributed by atoms with Gasteiger partial charge in [-0.25, -0.2) is 0 Å². The van der Waals surface area contributed by atoms with Gasteiger partial charge in [0.15, 0.2) is 0 Å². The second kappa shape index (κ2) is 3.77. The lowest BCUT2D eigenvalue weighted by Gasteiger charge is -2.41. The molecule has 0 saturated carbocycles. The van der Waals surface area contributed by atoms with Crippen molar-refractivity contribution in [2.24, 2.45) is 0 Å². The van der Waals surface area contributed by atoms with Crippen LogP contribution in [0.1, 0.15) is 48.0 Å². The van der Waals surface area contributed by atoms with E-state index in [1.54, 1.807) is 0 Å². The van der Waals surface area contributed by atoms with Gasteiger partial charge in [-0.05, 0) is 6.42 Å². The molecule has 1 nitrogen and oxygen atoms in total. The van der Waals surface area contributed by atoms with Gasteiger partial charge in [-0.15, -0.1) is 0 Å². The van der Waals surface area contributed by atoms with Crippen LogP contribution in [0.3, 0.4) is 0 Å². The van der Waals surface area contributed by atoms with Gasteiger partial charge in [0.05, 0.1) is 7.14 Å². The normalized spacial score (nSPS) is 14.7. The second-order valence-corrected chi connectivity index (χ2v) is 10.3. The van der Waals surface area contributed by atoms with Crippen molar-refractivity contribution < 1.29 is 4.57 Å². The van der Waals surface area contributed by atoms with Crippen molar-refractivity contribution in [3.63, 3.8) is 0 Å². The smallest absolute Gasteiger partial charge is 0.0977 e. The van der Waals surface area contributed by atoms with Crippen LogP contribution in [0, 0.1) is 6.92 Å². The molecule has 2 heteroatoms. The zero-order valence-corrected chi connectivity index (χ0v) is 10.9. The summed E-state index contributed by atoms with van der Waals surface area (Å²) in [6, 6.07) is 0. The van der Waals surface area contributed by atoms with E-state index in [4.69, 9.17) is 0 Å². The third kappa shape index (κ3) is 2.59. The summed E-state index contributed by atoms with van der Waals surface area (Å²) in [5.41, 5.74) is 0. The Balaban J connectivity index is 5.10. The summed E-state index contributed by atoms with van der Waals surface area (Å²) in [5.74, 6) is 0. The zero-order valence-electron chi connectivity index (χ0n) is 9.98. The van der Waals surface area contributed by atoms with E-state index in [9.17, 15) is 4.57 Å². The highest BCUT2D eigenvalue weighted by Gasteiger charge is 2.44. The van der Waals surface area contributed by atoms with Gasteiger partial charge in [0.1, 0.15) is 0 Å². The van der Waals surface area contributed by atoms with Crippen molar-refractivity contribution in [3.8, 4) is 0 Å². The standard InChI is InChI=1S/C11H24OP/c1-8-9-13(12,10(2,3)4)11(5,6)7/h1,8-9H2,2-7H3. The molecule has 13 heavy (non-hydrogen) atoms. The van der Waals surface area contributed by atoms with Crippen LogP contribution in [0.5, 0.6) is 0 Å². The van der Waals surface area contributed by atoms with Gasteiger partial charge in [-0.1, -0.05) is 48.5 Å². The Bertz CT molecular complexity index is 187. The quantitative estimate of drug-likeness (QED) is 0.615. The van der Waals surface area contributed by atoms with Crippen molar-refractivity contribution in [1.29, 1.82) is 0 Å². The van der Waals surface area contributed by atoms with E-state index < -0.39 is 7.14 Å². The molecule has 0 atom stereocenters. The molecule has 79 valence electrons. The lowest BCUT2D eigenvalue weighted by atomic mass is 10.2. The van der Waals surface area contributed by atoms with Crippen molar-refractivity contribution in [2.45, 2.75) is 58.3 Å². The SMILES string of the molecule is [CH2]CCP(=O)(C(C)(C)C)C(C)(C)C. The van der Waals surface area contributed by atoms with Crippen LogP contribution in [0.15, 0.2) is 0 Å². The fourth-order valence-corrected chi connectivity index (χ4v) is 5.70. The molecule has 0 amide bonds. The topological polar surface area (TPSA) is 17.1 Å². The fourth-order valence-electron chi connectivity index (χ4n) is 1.90. The Kier molecular flexibility index (Phi) is 3.84. The summed E-state index contributed by atoms with van der Waals surface area (Å²) >= 11 is 0. The lowest BCUT2D eigenvalue weighted by molar-refractivity contribution is 0.517. The third-order valence-corrected chi connectivity index (χ3v) is 7.92. The van der Waals surface area contributed by atoms with Gasteiger partial charge in [-0.2, -0.15) is 0 Å². The van der Waals surface area contributed by atoms with Gasteiger partial charge in [0.2, 0.25) is 0 Å². The van der Waals surface area contributed by atoms with Crippen LogP contribution >= 0.6 is 7.14 Å². The van der Waals surface area contributed by atoms with Crippen molar-refractivity contribution in [2.75, 3.05) is 6.16 Å². The zero-order chi connectivity index (χ0) is 10.9. The molecule has 0 aliphatic rings. The second-order valence-electron chi connectivity index (χ2n) is 5.66. The first-order valence-electron chi connectivity index (χ1n) is 4.95. The van der Waals surface area contributed by atoms with E-state index in [1.807, 2.05) is 0 Å². The first-order chi connectivity index (χ1) is 5.56. The first-order valence-corrected chi connectivity index (χ1v) is 6.84. The van der Waals surface area contributed by atoms with E-state index in [-0.39, 0.29) is 10.3 Å². The lowest BCUT2D eigenvalue weighted by Crippen LogP contribution is -2.30. The Labute approximate surface area is 83.7 Å². The van der Waals surface area contributed by atoms with Crippen LogP contribution in [0.2, 0.25) is 0 Å². The summed E-state index contributed by atoms with van der Waals surface area (Å²) in [4.78, 5) is 0. The summed E-state index contributed by atoms with van der Waals surface area (Å²) in [6.07, 6.45) is 1.53. The molecule has 0 aromatic heterocycles. The summed E-state index contributed by atoms with van der Waals surface area (Å²) < 4.78 is 12.8. The maximum absolute atomic E-state index is 12.8. The van der Waals surface area contributed by atoms with Gasteiger partial charge >= 0.3 is 0 Å². The largest absolute Gasteiger partial charge is 0.322 e. The van der Waals surface area contributed by atoms with Crippen molar-refractivity contribution >= 4 is 7.14 Å².